The lowest BCUT2D eigenvalue weighted by Crippen LogP contribution is -2.55. The molecular weight excluding hydrogens is 534 g/mol. The number of urea groups is 1. The van der Waals surface area contributed by atoms with Gasteiger partial charge in [-0.3, -0.25) is 0 Å². The van der Waals surface area contributed by atoms with E-state index < -0.39 is 0 Å². The molecule has 3 aromatic rings. The molecule has 11 nitrogen and oxygen atoms in total. The van der Waals surface area contributed by atoms with Gasteiger partial charge in [-0.25, -0.2) is 19.7 Å². The fourth-order valence-electron chi connectivity index (χ4n) is 5.39. The number of rotatable bonds is 1. The number of hydrogen-bond donors (Lipinski definition) is 1. The van der Waals surface area contributed by atoms with E-state index in [1.165, 1.54) is 0 Å². The molecule has 0 aliphatic carbocycles. The number of amides is 2. The Labute approximate surface area is 246 Å². The van der Waals surface area contributed by atoms with Crippen molar-refractivity contribution < 1.29 is 19.0 Å². The predicted octanol–water partition coefficient (Wildman–Crippen LogP) is 4.02. The van der Waals surface area contributed by atoms with Gasteiger partial charge in [-0.2, -0.15) is 0 Å². The number of nitrogens with one attached hydrogen (secondary N) is 1. The fourth-order valence-corrected chi connectivity index (χ4v) is 5.39. The SMILES string of the molecule is Cc1cnc2nc1-c1ccnc(c1)OCC/C=C/COCc1cc(ccc1N1CCN(C(=O)N3CCOCC3)CC1)N2. The number of hydrogen-bond acceptors (Lipinski definition) is 9. The third-order valence-corrected chi connectivity index (χ3v) is 7.66. The Balaban J connectivity index is 1.22. The molecule has 2 fully saturated rings. The van der Waals surface area contributed by atoms with E-state index in [-0.39, 0.29) is 6.03 Å². The van der Waals surface area contributed by atoms with Crippen molar-refractivity contribution in [2.24, 2.45) is 0 Å². The highest BCUT2D eigenvalue weighted by Crippen LogP contribution is 2.29. The van der Waals surface area contributed by atoms with Crippen LogP contribution in [0.25, 0.3) is 11.3 Å². The van der Waals surface area contributed by atoms with Gasteiger partial charge in [-0.1, -0.05) is 12.2 Å². The van der Waals surface area contributed by atoms with E-state index in [0.717, 1.165) is 53.3 Å². The lowest BCUT2D eigenvalue weighted by atomic mass is 10.1. The van der Waals surface area contributed by atoms with Crippen LogP contribution >= 0.6 is 0 Å². The number of nitrogens with zero attached hydrogens (tertiary/aromatic N) is 6. The van der Waals surface area contributed by atoms with Crippen molar-refractivity contribution in [3.63, 3.8) is 0 Å². The lowest BCUT2D eigenvalue weighted by molar-refractivity contribution is 0.0428. The first-order valence-corrected chi connectivity index (χ1v) is 14.6. The molecule has 3 aliphatic rings. The van der Waals surface area contributed by atoms with Crippen LogP contribution in [0, 0.1) is 6.92 Å². The minimum absolute atomic E-state index is 0.110. The summed E-state index contributed by atoms with van der Waals surface area (Å²) in [5.74, 6) is 1.08. The largest absolute Gasteiger partial charge is 0.477 e. The summed E-state index contributed by atoms with van der Waals surface area (Å²) in [5.41, 5.74) is 5.77. The number of aryl methyl sites for hydroxylation is 1. The molecule has 0 atom stereocenters. The number of benzene rings is 1. The molecule has 6 bridgehead atoms. The van der Waals surface area contributed by atoms with Crippen molar-refractivity contribution in [1.29, 1.82) is 0 Å². The van der Waals surface area contributed by atoms with Crippen LogP contribution in [0.5, 0.6) is 5.88 Å². The molecule has 2 aromatic heterocycles. The third kappa shape index (κ3) is 6.63. The van der Waals surface area contributed by atoms with Crippen LogP contribution in [0.4, 0.5) is 22.1 Å². The molecule has 0 unspecified atom stereocenters. The van der Waals surface area contributed by atoms with Crippen LogP contribution in [0.2, 0.25) is 0 Å². The number of fused-ring (bicyclic) bond motifs is 7. The van der Waals surface area contributed by atoms with Crippen molar-refractivity contribution in [2.45, 2.75) is 20.0 Å². The van der Waals surface area contributed by atoms with Gasteiger partial charge in [-0.05, 0) is 43.2 Å². The highest BCUT2D eigenvalue weighted by molar-refractivity contribution is 5.75. The van der Waals surface area contributed by atoms with E-state index >= 15 is 0 Å². The van der Waals surface area contributed by atoms with E-state index in [9.17, 15) is 4.79 Å². The predicted molar refractivity (Wildman–Crippen MR) is 160 cm³/mol. The molecule has 0 spiro atoms. The Hall–Kier alpha value is -4.22. The zero-order valence-electron chi connectivity index (χ0n) is 24.0. The standard InChI is InChI=1S/C31H37N7O4/c1-23-21-33-30-34-26-5-6-27(36-9-11-37(12-10-36)31(39)38-13-17-40-18-14-38)25(19-26)22-41-15-3-2-4-16-42-28-20-24(7-8-32-28)29(23)35-30/h2-3,5-8,19-21H,4,9-18,22H2,1H3,(H,33,34,35)/b3-2+. The topological polar surface area (TPSA) is 105 Å². The molecule has 3 aliphatic heterocycles. The van der Waals surface area contributed by atoms with Crippen LogP contribution < -0.4 is 15.0 Å². The quantitative estimate of drug-likeness (QED) is 0.434. The number of carbonyl (C=O) groups excluding carboxylic acids is 1. The molecule has 6 rings (SSSR count). The van der Waals surface area contributed by atoms with E-state index in [4.69, 9.17) is 19.2 Å². The normalized spacial score (nSPS) is 18.7. The number of anilines is 3. The van der Waals surface area contributed by atoms with Crippen LogP contribution in [-0.2, 0) is 16.1 Å². The summed E-state index contributed by atoms with van der Waals surface area (Å²) in [6.07, 6.45) is 8.41. The van der Waals surface area contributed by atoms with Crippen LogP contribution in [0.15, 0.2) is 54.9 Å². The van der Waals surface area contributed by atoms with Gasteiger partial charge in [0, 0.05) is 80.2 Å². The second-order valence-corrected chi connectivity index (χ2v) is 10.6. The van der Waals surface area contributed by atoms with Gasteiger partial charge in [-0.15, -0.1) is 0 Å². The van der Waals surface area contributed by atoms with Gasteiger partial charge in [0.1, 0.15) is 0 Å². The molecule has 1 N–H and O–H groups in total. The number of aromatic nitrogens is 3. The molecule has 0 radical (unpaired) electrons. The molecule has 220 valence electrons. The third-order valence-electron chi connectivity index (χ3n) is 7.66. The minimum atomic E-state index is 0.110. The van der Waals surface area contributed by atoms with Crippen LogP contribution in [0.1, 0.15) is 17.5 Å². The Morgan fingerprint density at radius 1 is 0.905 bits per heavy atom. The van der Waals surface area contributed by atoms with Crippen molar-refractivity contribution in [3.05, 3.63) is 66.0 Å². The first-order chi connectivity index (χ1) is 20.6. The van der Waals surface area contributed by atoms with Gasteiger partial charge in [0.2, 0.25) is 11.8 Å². The maximum absolute atomic E-state index is 13.0. The molecule has 1 aromatic carbocycles. The molecule has 11 heteroatoms. The van der Waals surface area contributed by atoms with Gasteiger partial charge in [0.15, 0.2) is 0 Å². The van der Waals surface area contributed by atoms with Gasteiger partial charge in [0.05, 0.1) is 38.7 Å². The number of piperazine rings is 1. The highest BCUT2D eigenvalue weighted by Gasteiger charge is 2.27. The summed E-state index contributed by atoms with van der Waals surface area (Å²) in [7, 11) is 0. The van der Waals surface area contributed by atoms with Gasteiger partial charge in [0.25, 0.3) is 0 Å². The average Bonchev–Trinajstić information content (AvgIpc) is 3.03. The Morgan fingerprint density at radius 3 is 2.60 bits per heavy atom. The lowest BCUT2D eigenvalue weighted by Gasteiger charge is -2.40. The maximum Gasteiger partial charge on any atom is 0.320 e. The summed E-state index contributed by atoms with van der Waals surface area (Å²) >= 11 is 0. The Kier molecular flexibility index (Phi) is 8.76. The smallest absolute Gasteiger partial charge is 0.320 e. The van der Waals surface area contributed by atoms with Crippen molar-refractivity contribution >= 4 is 23.4 Å². The summed E-state index contributed by atoms with van der Waals surface area (Å²) in [6, 6.07) is 10.2. The monoisotopic (exact) mass is 571 g/mol. The average molecular weight is 572 g/mol. The van der Waals surface area contributed by atoms with Crippen molar-refractivity contribution in [2.75, 3.05) is 75.9 Å². The van der Waals surface area contributed by atoms with Crippen LogP contribution in [-0.4, -0.2) is 96.5 Å². The zero-order valence-corrected chi connectivity index (χ0v) is 24.0. The summed E-state index contributed by atoms with van der Waals surface area (Å²) in [4.78, 5) is 32.9. The number of ether oxygens (including phenoxy) is 3. The summed E-state index contributed by atoms with van der Waals surface area (Å²) < 4.78 is 17.4. The second kappa shape index (κ2) is 13.2. The second-order valence-electron chi connectivity index (χ2n) is 10.6. The summed E-state index contributed by atoms with van der Waals surface area (Å²) in [6.45, 7) is 8.88. The van der Waals surface area contributed by atoms with E-state index in [1.807, 2.05) is 47.2 Å². The first kappa shape index (κ1) is 27.9. The fraction of sp³-hybridized carbons (Fsp3) is 0.419. The molecule has 5 heterocycles. The first-order valence-electron chi connectivity index (χ1n) is 14.6. The van der Waals surface area contributed by atoms with E-state index in [2.05, 4.69) is 38.4 Å². The Bertz CT molecular complexity index is 1420. The maximum atomic E-state index is 13.0. The Morgan fingerprint density at radius 2 is 1.74 bits per heavy atom. The number of morpholine rings is 1. The number of carbonyl (C=O) groups is 1. The highest BCUT2D eigenvalue weighted by atomic mass is 16.5. The number of pyridine rings is 1. The van der Waals surface area contributed by atoms with Crippen molar-refractivity contribution in [3.8, 4) is 17.1 Å². The molecule has 0 saturated carbocycles. The van der Waals surface area contributed by atoms with E-state index in [0.29, 0.717) is 71.0 Å². The van der Waals surface area contributed by atoms with Crippen LogP contribution in [0.3, 0.4) is 0 Å². The van der Waals surface area contributed by atoms with Crippen molar-refractivity contribution in [1.82, 2.24) is 24.8 Å². The van der Waals surface area contributed by atoms with Gasteiger partial charge >= 0.3 is 6.03 Å². The minimum Gasteiger partial charge on any atom is -0.477 e. The molecule has 2 amide bonds. The zero-order chi connectivity index (χ0) is 28.7. The molecule has 2 saturated heterocycles. The summed E-state index contributed by atoms with van der Waals surface area (Å²) in [5, 5.41) is 3.39. The molecule has 42 heavy (non-hydrogen) atoms. The molecular formula is C31H37N7O4. The van der Waals surface area contributed by atoms with Gasteiger partial charge < -0.3 is 34.2 Å². The van der Waals surface area contributed by atoms with E-state index in [1.54, 1.807) is 6.20 Å².